The molecule has 0 aliphatic carbocycles. The van der Waals surface area contributed by atoms with Gasteiger partial charge in [0.2, 0.25) is 0 Å². The van der Waals surface area contributed by atoms with Gasteiger partial charge in [0.25, 0.3) is 5.91 Å². The SMILES string of the molecule is COc1cccc(C(=O)NC2[CH]C(C)CNC2)c1. The van der Waals surface area contributed by atoms with Gasteiger partial charge in [-0.1, -0.05) is 13.0 Å². The number of hydrogen-bond donors (Lipinski definition) is 2. The number of ether oxygens (including phenoxy) is 1. The topological polar surface area (TPSA) is 50.4 Å². The molecule has 1 aromatic carbocycles. The molecule has 1 heterocycles. The zero-order valence-electron chi connectivity index (χ0n) is 10.8. The summed E-state index contributed by atoms with van der Waals surface area (Å²) in [6.45, 7) is 3.91. The van der Waals surface area contributed by atoms with Gasteiger partial charge in [-0.2, -0.15) is 0 Å². The van der Waals surface area contributed by atoms with E-state index in [0.29, 0.717) is 17.2 Å². The van der Waals surface area contributed by atoms with Crippen molar-refractivity contribution >= 4 is 5.91 Å². The highest BCUT2D eigenvalue weighted by Crippen LogP contribution is 2.13. The van der Waals surface area contributed by atoms with Crippen LogP contribution in [0.15, 0.2) is 24.3 Å². The van der Waals surface area contributed by atoms with Crippen molar-refractivity contribution in [2.75, 3.05) is 20.2 Å². The zero-order chi connectivity index (χ0) is 13.0. The highest BCUT2D eigenvalue weighted by Gasteiger charge is 2.20. The molecule has 1 aromatic rings. The lowest BCUT2D eigenvalue weighted by molar-refractivity contribution is 0.0937. The zero-order valence-corrected chi connectivity index (χ0v) is 10.8. The van der Waals surface area contributed by atoms with Gasteiger partial charge in [-0.25, -0.2) is 0 Å². The Kier molecular flexibility index (Phi) is 4.20. The van der Waals surface area contributed by atoms with E-state index in [1.165, 1.54) is 0 Å². The van der Waals surface area contributed by atoms with Crippen LogP contribution in [0.2, 0.25) is 0 Å². The van der Waals surface area contributed by atoms with Crippen LogP contribution in [-0.4, -0.2) is 32.1 Å². The van der Waals surface area contributed by atoms with Gasteiger partial charge in [0.05, 0.1) is 7.11 Å². The van der Waals surface area contributed by atoms with Gasteiger partial charge in [-0.05, 0) is 37.1 Å². The van der Waals surface area contributed by atoms with Crippen LogP contribution in [0.25, 0.3) is 0 Å². The van der Waals surface area contributed by atoms with Gasteiger partial charge in [0.15, 0.2) is 0 Å². The number of piperidine rings is 1. The second kappa shape index (κ2) is 5.87. The van der Waals surface area contributed by atoms with Crippen molar-refractivity contribution in [2.45, 2.75) is 13.0 Å². The van der Waals surface area contributed by atoms with Crippen LogP contribution in [0.1, 0.15) is 17.3 Å². The Morgan fingerprint density at radius 3 is 3.00 bits per heavy atom. The summed E-state index contributed by atoms with van der Waals surface area (Å²) in [6.07, 6.45) is 2.18. The van der Waals surface area contributed by atoms with Crippen molar-refractivity contribution in [1.82, 2.24) is 10.6 Å². The molecule has 4 nitrogen and oxygen atoms in total. The Labute approximate surface area is 108 Å². The normalized spacial score (nSPS) is 23.4. The largest absolute Gasteiger partial charge is 0.497 e. The fourth-order valence-corrected chi connectivity index (χ4v) is 2.11. The van der Waals surface area contributed by atoms with E-state index in [0.717, 1.165) is 13.1 Å². The predicted molar refractivity (Wildman–Crippen MR) is 70.6 cm³/mol. The van der Waals surface area contributed by atoms with Crippen LogP contribution >= 0.6 is 0 Å². The summed E-state index contributed by atoms with van der Waals surface area (Å²) in [7, 11) is 1.59. The molecule has 1 radical (unpaired) electrons. The van der Waals surface area contributed by atoms with Gasteiger partial charge < -0.3 is 15.4 Å². The summed E-state index contributed by atoms with van der Waals surface area (Å²) in [5.74, 6) is 1.11. The van der Waals surface area contributed by atoms with E-state index in [1.807, 2.05) is 12.1 Å². The maximum absolute atomic E-state index is 12.1. The quantitative estimate of drug-likeness (QED) is 0.845. The summed E-state index contributed by atoms with van der Waals surface area (Å²) in [4.78, 5) is 12.1. The molecule has 1 aliphatic heterocycles. The molecule has 2 rings (SSSR count). The van der Waals surface area contributed by atoms with Gasteiger partial charge >= 0.3 is 0 Å². The van der Waals surface area contributed by atoms with Crippen molar-refractivity contribution < 1.29 is 9.53 Å². The van der Waals surface area contributed by atoms with Crippen molar-refractivity contribution in [2.24, 2.45) is 5.92 Å². The molecule has 18 heavy (non-hydrogen) atoms. The molecule has 1 amide bonds. The molecule has 1 fully saturated rings. The molecule has 1 saturated heterocycles. The van der Waals surface area contributed by atoms with Gasteiger partial charge in [0.1, 0.15) is 5.75 Å². The Morgan fingerprint density at radius 2 is 2.28 bits per heavy atom. The average molecular weight is 247 g/mol. The Hall–Kier alpha value is -1.55. The summed E-state index contributed by atoms with van der Waals surface area (Å²) in [5, 5.41) is 6.30. The third-order valence-electron chi connectivity index (χ3n) is 3.04. The number of carbonyl (C=O) groups excluding carboxylic acids is 1. The van der Waals surface area contributed by atoms with Gasteiger partial charge in [-0.15, -0.1) is 0 Å². The maximum Gasteiger partial charge on any atom is 0.251 e. The lowest BCUT2D eigenvalue weighted by Gasteiger charge is -2.28. The Bertz CT molecular complexity index is 420. The minimum absolute atomic E-state index is 0.0638. The average Bonchev–Trinajstić information content (AvgIpc) is 2.39. The van der Waals surface area contributed by atoms with Crippen LogP contribution in [0.4, 0.5) is 0 Å². The molecule has 2 N–H and O–H groups in total. The number of rotatable bonds is 3. The second-order valence-electron chi connectivity index (χ2n) is 4.64. The molecule has 4 heteroatoms. The molecule has 1 aliphatic rings. The van der Waals surface area contributed by atoms with Crippen molar-refractivity contribution in [1.29, 1.82) is 0 Å². The molecule has 97 valence electrons. The number of carbonyl (C=O) groups is 1. The van der Waals surface area contributed by atoms with Crippen LogP contribution in [0.3, 0.4) is 0 Å². The third-order valence-corrected chi connectivity index (χ3v) is 3.04. The van der Waals surface area contributed by atoms with E-state index in [2.05, 4.69) is 24.0 Å². The Morgan fingerprint density at radius 1 is 1.44 bits per heavy atom. The fraction of sp³-hybridized carbons (Fsp3) is 0.429. The number of nitrogens with one attached hydrogen (secondary N) is 2. The first kappa shape index (κ1) is 12.9. The summed E-state index contributed by atoms with van der Waals surface area (Å²) >= 11 is 0. The second-order valence-corrected chi connectivity index (χ2v) is 4.64. The van der Waals surface area contributed by atoms with E-state index in [9.17, 15) is 4.79 Å². The fourth-order valence-electron chi connectivity index (χ4n) is 2.11. The highest BCUT2D eigenvalue weighted by atomic mass is 16.5. The van der Waals surface area contributed by atoms with E-state index >= 15 is 0 Å². The molecule has 0 aromatic heterocycles. The molecule has 2 atom stereocenters. The van der Waals surface area contributed by atoms with Crippen molar-refractivity contribution in [3.8, 4) is 5.75 Å². The standard InChI is InChI=1S/C14H19N2O2/c1-10-6-12(9-15-8-10)16-14(17)11-4-3-5-13(7-11)18-2/h3-7,10,12,15H,8-9H2,1-2H3,(H,16,17). The summed E-state index contributed by atoms with van der Waals surface area (Å²) < 4.78 is 5.11. The first-order valence-corrected chi connectivity index (χ1v) is 6.19. The molecule has 0 spiro atoms. The first-order chi connectivity index (χ1) is 8.69. The summed E-state index contributed by atoms with van der Waals surface area (Å²) in [6, 6.07) is 7.27. The lowest BCUT2D eigenvalue weighted by atomic mass is 9.97. The monoisotopic (exact) mass is 247 g/mol. The Balaban J connectivity index is 1.98. The smallest absolute Gasteiger partial charge is 0.251 e. The van der Waals surface area contributed by atoms with E-state index < -0.39 is 0 Å². The van der Waals surface area contributed by atoms with E-state index in [4.69, 9.17) is 4.74 Å². The first-order valence-electron chi connectivity index (χ1n) is 6.19. The van der Waals surface area contributed by atoms with Crippen LogP contribution in [0.5, 0.6) is 5.75 Å². The number of benzene rings is 1. The number of methoxy groups -OCH3 is 1. The number of amides is 1. The lowest BCUT2D eigenvalue weighted by Crippen LogP contribution is -2.48. The van der Waals surface area contributed by atoms with Crippen molar-refractivity contribution in [3.05, 3.63) is 36.2 Å². The molecular weight excluding hydrogens is 228 g/mol. The third kappa shape index (κ3) is 3.23. The number of hydrogen-bond acceptors (Lipinski definition) is 3. The van der Waals surface area contributed by atoms with Gasteiger partial charge in [0, 0.05) is 18.2 Å². The molecular formula is C14H19N2O2. The minimum atomic E-state index is -0.0638. The minimum Gasteiger partial charge on any atom is -0.497 e. The summed E-state index contributed by atoms with van der Waals surface area (Å²) in [5.41, 5.74) is 0.626. The maximum atomic E-state index is 12.1. The van der Waals surface area contributed by atoms with Crippen LogP contribution < -0.4 is 15.4 Å². The molecule has 0 saturated carbocycles. The van der Waals surface area contributed by atoms with Crippen LogP contribution in [-0.2, 0) is 0 Å². The van der Waals surface area contributed by atoms with Crippen molar-refractivity contribution in [3.63, 3.8) is 0 Å². The molecule has 2 unspecified atom stereocenters. The van der Waals surface area contributed by atoms with E-state index in [-0.39, 0.29) is 11.9 Å². The van der Waals surface area contributed by atoms with Gasteiger partial charge in [-0.3, -0.25) is 4.79 Å². The van der Waals surface area contributed by atoms with Crippen LogP contribution in [0, 0.1) is 12.3 Å². The predicted octanol–water partition coefficient (Wildman–Crippen LogP) is 1.24. The van der Waals surface area contributed by atoms with E-state index in [1.54, 1.807) is 19.2 Å². The highest BCUT2D eigenvalue weighted by molar-refractivity contribution is 5.94. The molecule has 0 bridgehead atoms.